The van der Waals surface area contributed by atoms with Crippen LogP contribution >= 0.6 is 11.6 Å². The van der Waals surface area contributed by atoms with Crippen molar-refractivity contribution in [3.8, 4) is 17.6 Å². The van der Waals surface area contributed by atoms with E-state index in [4.69, 9.17) is 26.3 Å². The Morgan fingerprint density at radius 1 is 1.07 bits per heavy atom. The largest absolute Gasteiger partial charge is 0.495 e. The van der Waals surface area contributed by atoms with Gasteiger partial charge in [-0.25, -0.2) is 0 Å². The van der Waals surface area contributed by atoms with Crippen molar-refractivity contribution < 1.29 is 9.47 Å². The molecule has 0 radical (unpaired) electrons. The molecule has 1 atom stereocenters. The maximum Gasteiger partial charge on any atom is 0.174 e. The molecule has 0 saturated carbocycles. The van der Waals surface area contributed by atoms with Crippen molar-refractivity contribution in [1.29, 1.82) is 5.26 Å². The SMILES string of the molecule is COc1cc(N2CCN(C(C)c3ccc(OCC#N)c(C)c3C)CC2)ccc1Cl. The number of anilines is 1. The van der Waals surface area contributed by atoms with Crippen molar-refractivity contribution in [3.05, 3.63) is 52.0 Å². The van der Waals surface area contributed by atoms with Crippen LogP contribution in [0.5, 0.6) is 11.5 Å². The summed E-state index contributed by atoms with van der Waals surface area (Å²) in [6.07, 6.45) is 0. The van der Waals surface area contributed by atoms with E-state index < -0.39 is 0 Å². The van der Waals surface area contributed by atoms with Crippen molar-refractivity contribution in [3.63, 3.8) is 0 Å². The molecule has 0 N–H and O–H groups in total. The Kier molecular flexibility index (Phi) is 6.89. The van der Waals surface area contributed by atoms with E-state index in [1.807, 2.05) is 24.3 Å². The van der Waals surface area contributed by atoms with Crippen LogP contribution in [-0.2, 0) is 0 Å². The van der Waals surface area contributed by atoms with Crippen LogP contribution in [0, 0.1) is 25.2 Å². The van der Waals surface area contributed by atoms with E-state index in [1.54, 1.807) is 7.11 Å². The lowest BCUT2D eigenvalue weighted by Gasteiger charge is -2.40. The minimum atomic E-state index is 0.0760. The van der Waals surface area contributed by atoms with Crippen LogP contribution in [0.15, 0.2) is 30.3 Å². The average molecular weight is 414 g/mol. The molecule has 0 spiro atoms. The zero-order valence-corrected chi connectivity index (χ0v) is 18.3. The molecule has 154 valence electrons. The Bertz CT molecular complexity index is 902. The number of benzene rings is 2. The minimum absolute atomic E-state index is 0.0760. The average Bonchev–Trinajstić information content (AvgIpc) is 2.75. The first-order valence-corrected chi connectivity index (χ1v) is 10.3. The van der Waals surface area contributed by atoms with Gasteiger partial charge in [-0.2, -0.15) is 5.26 Å². The van der Waals surface area contributed by atoms with E-state index in [2.05, 4.69) is 42.7 Å². The summed E-state index contributed by atoms with van der Waals surface area (Å²) < 4.78 is 10.9. The van der Waals surface area contributed by atoms with Gasteiger partial charge in [-0.3, -0.25) is 4.90 Å². The number of methoxy groups -OCH3 is 1. The third-order valence-electron chi connectivity index (χ3n) is 5.88. The van der Waals surface area contributed by atoms with Gasteiger partial charge in [0, 0.05) is 44.0 Å². The van der Waals surface area contributed by atoms with Gasteiger partial charge in [0.15, 0.2) is 6.61 Å². The highest BCUT2D eigenvalue weighted by Gasteiger charge is 2.24. The standard InChI is InChI=1S/C23H28ClN3O2/c1-16-17(2)22(29-14-9-25)8-6-20(16)18(3)26-10-12-27(13-11-26)19-5-7-21(24)23(15-19)28-4/h5-8,15,18H,10-14H2,1-4H3. The molecule has 1 fully saturated rings. The monoisotopic (exact) mass is 413 g/mol. The summed E-state index contributed by atoms with van der Waals surface area (Å²) in [5.41, 5.74) is 4.80. The van der Waals surface area contributed by atoms with Crippen LogP contribution in [0.1, 0.15) is 29.7 Å². The molecule has 29 heavy (non-hydrogen) atoms. The number of hydrogen-bond donors (Lipinski definition) is 0. The molecule has 1 aliphatic heterocycles. The number of halogens is 1. The molecule has 2 aromatic carbocycles. The maximum absolute atomic E-state index is 8.75. The third kappa shape index (κ3) is 4.60. The van der Waals surface area contributed by atoms with E-state index >= 15 is 0 Å². The Morgan fingerprint density at radius 2 is 1.79 bits per heavy atom. The van der Waals surface area contributed by atoms with Gasteiger partial charge in [0.1, 0.15) is 17.6 Å². The molecule has 5 nitrogen and oxygen atoms in total. The first-order valence-electron chi connectivity index (χ1n) is 9.88. The van der Waals surface area contributed by atoms with E-state index in [0.29, 0.717) is 16.8 Å². The predicted octanol–water partition coefficient (Wildman–Crippen LogP) is 4.75. The Morgan fingerprint density at radius 3 is 2.45 bits per heavy atom. The topological polar surface area (TPSA) is 48.7 Å². The van der Waals surface area contributed by atoms with Crippen LogP contribution < -0.4 is 14.4 Å². The van der Waals surface area contributed by atoms with Crippen molar-refractivity contribution in [2.45, 2.75) is 26.8 Å². The van der Waals surface area contributed by atoms with Crippen molar-refractivity contribution in [2.24, 2.45) is 0 Å². The Labute approximate surface area is 178 Å². The van der Waals surface area contributed by atoms with Gasteiger partial charge in [0.25, 0.3) is 0 Å². The number of ether oxygens (including phenoxy) is 2. The van der Waals surface area contributed by atoms with E-state index in [0.717, 1.165) is 43.2 Å². The smallest absolute Gasteiger partial charge is 0.174 e. The minimum Gasteiger partial charge on any atom is -0.495 e. The quantitative estimate of drug-likeness (QED) is 0.683. The second kappa shape index (κ2) is 9.39. The van der Waals surface area contributed by atoms with Gasteiger partial charge >= 0.3 is 0 Å². The molecule has 0 bridgehead atoms. The molecular formula is C23H28ClN3O2. The second-order valence-electron chi connectivity index (χ2n) is 7.37. The van der Waals surface area contributed by atoms with E-state index in [-0.39, 0.29) is 6.61 Å². The summed E-state index contributed by atoms with van der Waals surface area (Å²) in [6.45, 7) is 10.4. The van der Waals surface area contributed by atoms with Crippen molar-refractivity contribution >= 4 is 17.3 Å². The molecule has 1 heterocycles. The van der Waals surface area contributed by atoms with Gasteiger partial charge in [0.2, 0.25) is 0 Å². The third-order valence-corrected chi connectivity index (χ3v) is 6.20. The van der Waals surface area contributed by atoms with Crippen LogP contribution in [-0.4, -0.2) is 44.8 Å². The summed E-state index contributed by atoms with van der Waals surface area (Å²) in [6, 6.07) is 12.4. The number of rotatable bonds is 6. The van der Waals surface area contributed by atoms with Crippen LogP contribution in [0.2, 0.25) is 5.02 Å². The first-order chi connectivity index (χ1) is 14.0. The fourth-order valence-corrected chi connectivity index (χ4v) is 4.14. The van der Waals surface area contributed by atoms with Gasteiger partial charge < -0.3 is 14.4 Å². The number of nitrogens with zero attached hydrogens (tertiary/aromatic N) is 3. The number of nitriles is 1. The number of hydrogen-bond acceptors (Lipinski definition) is 5. The highest BCUT2D eigenvalue weighted by Crippen LogP contribution is 2.33. The second-order valence-corrected chi connectivity index (χ2v) is 7.77. The zero-order chi connectivity index (χ0) is 21.0. The van der Waals surface area contributed by atoms with Gasteiger partial charge in [0.05, 0.1) is 12.1 Å². The molecule has 0 amide bonds. The maximum atomic E-state index is 8.75. The fraction of sp³-hybridized carbons (Fsp3) is 0.435. The van der Waals surface area contributed by atoms with Gasteiger partial charge in [-0.15, -0.1) is 0 Å². The molecule has 0 aromatic heterocycles. The van der Waals surface area contributed by atoms with E-state index in [9.17, 15) is 0 Å². The molecular weight excluding hydrogens is 386 g/mol. The Hall–Kier alpha value is -2.42. The normalized spacial score (nSPS) is 15.7. The van der Waals surface area contributed by atoms with Crippen LogP contribution in [0.25, 0.3) is 0 Å². The highest BCUT2D eigenvalue weighted by atomic mass is 35.5. The summed E-state index contributed by atoms with van der Waals surface area (Å²) in [7, 11) is 1.64. The zero-order valence-electron chi connectivity index (χ0n) is 17.5. The summed E-state index contributed by atoms with van der Waals surface area (Å²) >= 11 is 6.16. The predicted molar refractivity (Wildman–Crippen MR) is 117 cm³/mol. The summed E-state index contributed by atoms with van der Waals surface area (Å²) in [5.74, 6) is 1.51. The van der Waals surface area contributed by atoms with Gasteiger partial charge in [-0.05, 0) is 55.7 Å². The van der Waals surface area contributed by atoms with Crippen LogP contribution in [0.4, 0.5) is 5.69 Å². The molecule has 2 aromatic rings. The molecule has 3 rings (SSSR count). The molecule has 0 aliphatic carbocycles. The summed E-state index contributed by atoms with van der Waals surface area (Å²) in [5, 5.41) is 9.38. The molecule has 6 heteroatoms. The lowest BCUT2D eigenvalue weighted by atomic mass is 9.96. The Balaban J connectivity index is 1.68. The van der Waals surface area contributed by atoms with Crippen LogP contribution in [0.3, 0.4) is 0 Å². The van der Waals surface area contributed by atoms with E-state index in [1.165, 1.54) is 11.1 Å². The fourth-order valence-electron chi connectivity index (χ4n) is 3.95. The molecule has 1 saturated heterocycles. The first kappa shape index (κ1) is 21.3. The number of piperazine rings is 1. The lowest BCUT2D eigenvalue weighted by Crippen LogP contribution is -2.47. The van der Waals surface area contributed by atoms with Gasteiger partial charge in [-0.1, -0.05) is 17.7 Å². The summed E-state index contributed by atoms with van der Waals surface area (Å²) in [4.78, 5) is 4.89. The van der Waals surface area contributed by atoms with Crippen molar-refractivity contribution in [1.82, 2.24) is 4.90 Å². The highest BCUT2D eigenvalue weighted by molar-refractivity contribution is 6.32. The lowest BCUT2D eigenvalue weighted by molar-refractivity contribution is 0.198. The molecule has 1 aliphatic rings. The molecule has 1 unspecified atom stereocenters. The van der Waals surface area contributed by atoms with Crippen molar-refractivity contribution in [2.75, 3.05) is 44.8 Å².